The van der Waals surface area contributed by atoms with Crippen molar-refractivity contribution in [3.05, 3.63) is 58.3 Å². The lowest BCUT2D eigenvalue weighted by molar-refractivity contribution is -0.117. The van der Waals surface area contributed by atoms with Gasteiger partial charge in [0.2, 0.25) is 0 Å². The van der Waals surface area contributed by atoms with Gasteiger partial charge in [0.25, 0.3) is 15.9 Å². The predicted octanol–water partition coefficient (Wildman–Crippen LogP) is 1.73. The summed E-state index contributed by atoms with van der Waals surface area (Å²) in [5, 5.41) is 2.89. The summed E-state index contributed by atoms with van der Waals surface area (Å²) >= 11 is 0. The normalized spacial score (nSPS) is 18.3. The summed E-state index contributed by atoms with van der Waals surface area (Å²) in [5.74, 6) is -0.175. The number of sulfonamides is 1. The molecule has 0 saturated heterocycles. The molecular weight excluding hydrogens is 338 g/mol. The molecule has 0 fully saturated rings. The number of rotatable bonds is 3. The summed E-state index contributed by atoms with van der Waals surface area (Å²) in [6.07, 6.45) is 5.06. The molecule has 7 heteroatoms. The van der Waals surface area contributed by atoms with Gasteiger partial charge < -0.3 is 10.2 Å². The zero-order valence-electron chi connectivity index (χ0n) is 14.5. The van der Waals surface area contributed by atoms with Gasteiger partial charge in [0.1, 0.15) is 0 Å². The highest BCUT2D eigenvalue weighted by molar-refractivity contribution is 7.90. The molecule has 3 rings (SSSR count). The third kappa shape index (κ3) is 3.66. The standard InChI is InChI=1S/C18H21N3O3S/c1-12-9-13(2)16(14(3)10-12)11-19-18(22)15-5-4-6-21-7-8-25(23,24)20-17(15)21/h4-6,9-10H,7-8,11H2,1-3H3,(H,19,22). The van der Waals surface area contributed by atoms with Crippen molar-refractivity contribution in [2.45, 2.75) is 27.3 Å². The Labute approximate surface area is 148 Å². The van der Waals surface area contributed by atoms with Crippen molar-refractivity contribution >= 4 is 21.8 Å². The van der Waals surface area contributed by atoms with Crippen LogP contribution in [0.2, 0.25) is 0 Å². The largest absolute Gasteiger partial charge is 0.348 e. The van der Waals surface area contributed by atoms with Crippen molar-refractivity contribution < 1.29 is 13.2 Å². The maximum Gasteiger partial charge on any atom is 0.256 e. The monoisotopic (exact) mass is 359 g/mol. The Morgan fingerprint density at radius 3 is 2.60 bits per heavy atom. The molecule has 0 aromatic heterocycles. The molecule has 1 aromatic rings. The van der Waals surface area contributed by atoms with Gasteiger partial charge in [-0.25, -0.2) is 8.42 Å². The van der Waals surface area contributed by atoms with E-state index in [0.29, 0.717) is 13.1 Å². The molecule has 0 atom stereocenters. The molecule has 1 N–H and O–H groups in total. The fourth-order valence-corrected chi connectivity index (χ4v) is 4.13. The highest BCUT2D eigenvalue weighted by atomic mass is 32.2. The van der Waals surface area contributed by atoms with Crippen molar-refractivity contribution in [2.75, 3.05) is 12.3 Å². The Balaban J connectivity index is 1.81. The second-order valence-corrected chi connectivity index (χ2v) is 8.13. The van der Waals surface area contributed by atoms with Crippen LogP contribution in [0.3, 0.4) is 0 Å². The zero-order chi connectivity index (χ0) is 18.2. The fourth-order valence-electron chi connectivity index (χ4n) is 3.15. The van der Waals surface area contributed by atoms with Crippen LogP contribution in [-0.2, 0) is 21.4 Å². The lowest BCUT2D eigenvalue weighted by atomic mass is 9.99. The summed E-state index contributed by atoms with van der Waals surface area (Å²) in [4.78, 5) is 14.3. The lowest BCUT2D eigenvalue weighted by Crippen LogP contribution is -2.42. The number of nitrogens with zero attached hydrogens (tertiary/aromatic N) is 2. The minimum atomic E-state index is -3.51. The minimum absolute atomic E-state index is 0.0442. The molecule has 0 radical (unpaired) electrons. The van der Waals surface area contributed by atoms with Gasteiger partial charge in [-0.3, -0.25) is 4.79 Å². The number of aryl methyl sites for hydroxylation is 3. The van der Waals surface area contributed by atoms with Gasteiger partial charge in [0.15, 0.2) is 5.84 Å². The van der Waals surface area contributed by atoms with E-state index in [-0.39, 0.29) is 23.1 Å². The van der Waals surface area contributed by atoms with Crippen LogP contribution in [-0.4, -0.2) is 37.4 Å². The van der Waals surface area contributed by atoms with Crippen LogP contribution in [0.15, 0.2) is 40.5 Å². The maximum absolute atomic E-state index is 12.6. The van der Waals surface area contributed by atoms with Crippen LogP contribution in [0.1, 0.15) is 22.3 Å². The van der Waals surface area contributed by atoms with Gasteiger partial charge in [-0.15, -0.1) is 4.40 Å². The van der Waals surface area contributed by atoms with Gasteiger partial charge in [0, 0.05) is 19.3 Å². The topological polar surface area (TPSA) is 78.8 Å². The summed E-state index contributed by atoms with van der Waals surface area (Å²) in [6, 6.07) is 4.16. The molecule has 6 nitrogen and oxygen atoms in total. The van der Waals surface area contributed by atoms with Crippen molar-refractivity contribution in [2.24, 2.45) is 4.40 Å². The van der Waals surface area contributed by atoms with Crippen LogP contribution >= 0.6 is 0 Å². The number of allylic oxidation sites excluding steroid dienone is 2. The quantitative estimate of drug-likeness (QED) is 0.891. The third-order valence-electron chi connectivity index (χ3n) is 4.37. The van der Waals surface area contributed by atoms with E-state index in [9.17, 15) is 13.2 Å². The van der Waals surface area contributed by atoms with Crippen molar-refractivity contribution in [3.63, 3.8) is 0 Å². The number of nitrogens with one attached hydrogen (secondary N) is 1. The Kier molecular flexibility index (Phi) is 4.51. The van der Waals surface area contributed by atoms with Gasteiger partial charge in [-0.1, -0.05) is 17.7 Å². The molecule has 0 bridgehead atoms. The van der Waals surface area contributed by atoms with Crippen LogP contribution in [0.5, 0.6) is 0 Å². The van der Waals surface area contributed by atoms with E-state index in [1.165, 1.54) is 5.56 Å². The van der Waals surface area contributed by atoms with E-state index >= 15 is 0 Å². The molecule has 0 unspecified atom stereocenters. The Hall–Kier alpha value is -2.41. The Morgan fingerprint density at radius 1 is 1.24 bits per heavy atom. The summed E-state index contributed by atoms with van der Waals surface area (Å²) < 4.78 is 27.3. The Morgan fingerprint density at radius 2 is 1.92 bits per heavy atom. The molecule has 0 saturated carbocycles. The second kappa shape index (κ2) is 6.48. The second-order valence-electron chi connectivity index (χ2n) is 6.38. The van der Waals surface area contributed by atoms with Gasteiger partial charge >= 0.3 is 0 Å². The van der Waals surface area contributed by atoms with Crippen molar-refractivity contribution in [1.82, 2.24) is 10.2 Å². The molecule has 0 spiro atoms. The number of fused-ring (bicyclic) bond motifs is 1. The number of hydrogen-bond donors (Lipinski definition) is 1. The lowest BCUT2D eigenvalue weighted by Gasteiger charge is -2.28. The first-order chi connectivity index (χ1) is 11.8. The SMILES string of the molecule is Cc1cc(C)c(CNC(=O)C2=CC=CN3CCS(=O)(=O)N=C23)c(C)c1. The number of benzene rings is 1. The maximum atomic E-state index is 12.6. The van der Waals surface area contributed by atoms with Crippen LogP contribution in [0, 0.1) is 20.8 Å². The summed E-state index contributed by atoms with van der Waals surface area (Å²) in [7, 11) is -3.51. The average Bonchev–Trinajstić information content (AvgIpc) is 2.52. The minimum Gasteiger partial charge on any atom is -0.348 e. The van der Waals surface area contributed by atoms with Gasteiger partial charge in [-0.05, 0) is 49.6 Å². The van der Waals surface area contributed by atoms with Crippen LogP contribution in [0.25, 0.3) is 0 Å². The average molecular weight is 359 g/mol. The number of carbonyl (C=O) groups excluding carboxylic acids is 1. The molecule has 0 aliphatic carbocycles. The highest BCUT2D eigenvalue weighted by Crippen LogP contribution is 2.19. The first kappa shape index (κ1) is 17.4. The Bertz CT molecular complexity index is 904. The van der Waals surface area contributed by atoms with E-state index < -0.39 is 10.0 Å². The number of hydrogen-bond acceptors (Lipinski definition) is 4. The van der Waals surface area contributed by atoms with Gasteiger partial charge in [-0.2, -0.15) is 0 Å². The van der Waals surface area contributed by atoms with E-state index in [1.807, 2.05) is 20.8 Å². The molecule has 25 heavy (non-hydrogen) atoms. The first-order valence-corrected chi connectivity index (χ1v) is 9.71. The molecule has 2 aliphatic heterocycles. The van der Waals surface area contributed by atoms with Crippen molar-refractivity contribution in [1.29, 1.82) is 0 Å². The highest BCUT2D eigenvalue weighted by Gasteiger charge is 2.29. The predicted molar refractivity (Wildman–Crippen MR) is 97.7 cm³/mol. The number of amidine groups is 1. The van der Waals surface area contributed by atoms with E-state index in [4.69, 9.17) is 0 Å². The zero-order valence-corrected chi connectivity index (χ0v) is 15.4. The fraction of sp³-hybridized carbons (Fsp3) is 0.333. The number of amides is 1. The smallest absolute Gasteiger partial charge is 0.256 e. The first-order valence-electron chi connectivity index (χ1n) is 8.10. The van der Waals surface area contributed by atoms with Crippen molar-refractivity contribution in [3.8, 4) is 0 Å². The summed E-state index contributed by atoms with van der Waals surface area (Å²) in [5.41, 5.74) is 4.76. The summed E-state index contributed by atoms with van der Waals surface area (Å²) in [6.45, 7) is 6.77. The van der Waals surface area contributed by atoms with Crippen LogP contribution < -0.4 is 5.32 Å². The van der Waals surface area contributed by atoms with E-state index in [0.717, 1.165) is 16.7 Å². The van der Waals surface area contributed by atoms with E-state index in [1.54, 1.807) is 23.3 Å². The molecule has 1 aromatic carbocycles. The number of carbonyl (C=O) groups is 1. The van der Waals surface area contributed by atoms with Crippen LogP contribution in [0.4, 0.5) is 0 Å². The molecule has 2 aliphatic rings. The molecule has 2 heterocycles. The van der Waals surface area contributed by atoms with Gasteiger partial charge in [0.05, 0.1) is 11.3 Å². The van der Waals surface area contributed by atoms with E-state index in [2.05, 4.69) is 21.8 Å². The third-order valence-corrected chi connectivity index (χ3v) is 5.52. The molecule has 1 amide bonds. The molecular formula is C18H21N3O3S. The molecule has 132 valence electrons.